The second-order valence-electron chi connectivity index (χ2n) is 6.63. The number of amides is 1. The first-order valence-corrected chi connectivity index (χ1v) is 10.2. The number of carbonyl (C=O) groups excluding carboxylic acids is 1. The quantitative estimate of drug-likeness (QED) is 0.411. The molecule has 30 heavy (non-hydrogen) atoms. The Hall–Kier alpha value is -2.99. The van der Waals surface area contributed by atoms with Crippen LogP contribution in [0.15, 0.2) is 35.2 Å². The minimum Gasteiger partial charge on any atom is -0.336 e. The van der Waals surface area contributed by atoms with Crippen molar-refractivity contribution in [2.24, 2.45) is 0 Å². The minimum absolute atomic E-state index is 0.0284. The maximum atomic E-state index is 13.9. The lowest BCUT2D eigenvalue weighted by molar-refractivity contribution is -0.385. The van der Waals surface area contributed by atoms with Gasteiger partial charge in [0, 0.05) is 43.4 Å². The fourth-order valence-electron chi connectivity index (χ4n) is 3.15. The van der Waals surface area contributed by atoms with Crippen LogP contribution < -0.4 is 0 Å². The molecule has 12 heteroatoms. The number of halogens is 3. The third kappa shape index (κ3) is 3.87. The zero-order valence-electron chi connectivity index (χ0n) is 15.6. The molecular formula is C18H16F3N3O5S. The Morgan fingerprint density at radius 1 is 1.03 bits per heavy atom. The predicted octanol–water partition coefficient (Wildman–Crippen LogP) is 2.47. The molecule has 2 aromatic rings. The first kappa shape index (κ1) is 21.7. The molecule has 2 aromatic carbocycles. The molecular weight excluding hydrogens is 427 g/mol. The summed E-state index contributed by atoms with van der Waals surface area (Å²) in [7, 11) is -4.43. The minimum atomic E-state index is -4.43. The Kier molecular flexibility index (Phi) is 5.81. The fourth-order valence-corrected chi connectivity index (χ4v) is 4.63. The number of nitro groups is 1. The van der Waals surface area contributed by atoms with E-state index in [4.69, 9.17) is 0 Å². The van der Waals surface area contributed by atoms with E-state index in [0.717, 1.165) is 4.31 Å². The summed E-state index contributed by atoms with van der Waals surface area (Å²) >= 11 is 0. The van der Waals surface area contributed by atoms with Crippen LogP contribution in [-0.4, -0.2) is 54.6 Å². The first-order valence-electron chi connectivity index (χ1n) is 8.72. The third-order valence-corrected chi connectivity index (χ3v) is 6.70. The van der Waals surface area contributed by atoms with Crippen LogP contribution in [0.1, 0.15) is 15.9 Å². The van der Waals surface area contributed by atoms with Crippen molar-refractivity contribution in [2.45, 2.75) is 11.8 Å². The summed E-state index contributed by atoms with van der Waals surface area (Å²) in [4.78, 5) is 23.3. The molecule has 160 valence electrons. The summed E-state index contributed by atoms with van der Waals surface area (Å²) < 4.78 is 66.5. The van der Waals surface area contributed by atoms with Gasteiger partial charge in [0.15, 0.2) is 17.5 Å². The lowest BCUT2D eigenvalue weighted by Crippen LogP contribution is -2.50. The van der Waals surface area contributed by atoms with E-state index in [1.807, 2.05) is 0 Å². The number of carbonyl (C=O) groups is 1. The van der Waals surface area contributed by atoms with Crippen molar-refractivity contribution in [1.29, 1.82) is 0 Å². The maximum Gasteiger partial charge on any atom is 0.272 e. The van der Waals surface area contributed by atoms with E-state index in [0.29, 0.717) is 17.7 Å². The summed E-state index contributed by atoms with van der Waals surface area (Å²) in [5, 5.41) is 10.9. The first-order chi connectivity index (χ1) is 14.0. The average Bonchev–Trinajstić information content (AvgIpc) is 2.71. The van der Waals surface area contributed by atoms with Gasteiger partial charge in [0.2, 0.25) is 10.0 Å². The standard InChI is InChI=1S/C18H16F3N3O5S/c1-11-10-12(2-4-14(11)24(26)27)18(25)22-6-8-23(9-7-22)30(28,29)15-5-3-13(19)16(20)17(15)21/h2-5,10H,6-9H2,1H3. The van der Waals surface area contributed by atoms with E-state index >= 15 is 0 Å². The number of benzene rings is 2. The molecule has 3 rings (SSSR count). The van der Waals surface area contributed by atoms with Gasteiger partial charge in [-0.25, -0.2) is 21.6 Å². The molecule has 0 radical (unpaired) electrons. The number of nitro benzene ring substituents is 1. The summed E-state index contributed by atoms with van der Waals surface area (Å²) in [6.45, 7) is 1.07. The summed E-state index contributed by atoms with van der Waals surface area (Å²) in [5.74, 6) is -5.61. The van der Waals surface area contributed by atoms with Crippen molar-refractivity contribution in [1.82, 2.24) is 9.21 Å². The van der Waals surface area contributed by atoms with E-state index < -0.39 is 43.2 Å². The Labute approximate surface area is 169 Å². The van der Waals surface area contributed by atoms with E-state index in [-0.39, 0.29) is 37.4 Å². The van der Waals surface area contributed by atoms with E-state index in [1.165, 1.54) is 30.0 Å². The van der Waals surface area contributed by atoms with Crippen molar-refractivity contribution in [3.8, 4) is 0 Å². The molecule has 0 aromatic heterocycles. The molecule has 1 aliphatic rings. The highest BCUT2D eigenvalue weighted by atomic mass is 32.2. The SMILES string of the molecule is Cc1cc(C(=O)N2CCN(S(=O)(=O)c3ccc(F)c(F)c3F)CC2)ccc1[N+](=O)[O-]. The molecule has 0 N–H and O–H groups in total. The second kappa shape index (κ2) is 8.03. The molecule has 1 amide bonds. The lowest BCUT2D eigenvalue weighted by atomic mass is 10.1. The Bertz CT molecular complexity index is 1130. The fraction of sp³-hybridized carbons (Fsp3) is 0.278. The number of aryl methyl sites for hydroxylation is 1. The van der Waals surface area contributed by atoms with Gasteiger partial charge in [0.05, 0.1) is 4.92 Å². The molecule has 1 saturated heterocycles. The van der Waals surface area contributed by atoms with Gasteiger partial charge >= 0.3 is 0 Å². The van der Waals surface area contributed by atoms with Gasteiger partial charge in [0.25, 0.3) is 11.6 Å². The maximum absolute atomic E-state index is 13.9. The number of rotatable bonds is 4. The second-order valence-corrected chi connectivity index (χ2v) is 8.53. The highest BCUT2D eigenvalue weighted by Crippen LogP contribution is 2.25. The Balaban J connectivity index is 1.74. The van der Waals surface area contributed by atoms with Gasteiger partial charge in [0.1, 0.15) is 4.90 Å². The molecule has 0 spiro atoms. The van der Waals surface area contributed by atoms with Gasteiger partial charge in [-0.1, -0.05) is 0 Å². The van der Waals surface area contributed by atoms with Crippen molar-refractivity contribution >= 4 is 21.6 Å². The van der Waals surface area contributed by atoms with Crippen LogP contribution in [0.2, 0.25) is 0 Å². The largest absolute Gasteiger partial charge is 0.336 e. The Morgan fingerprint density at radius 3 is 2.23 bits per heavy atom. The molecule has 0 atom stereocenters. The van der Waals surface area contributed by atoms with E-state index in [9.17, 15) is 36.5 Å². The van der Waals surface area contributed by atoms with Crippen LogP contribution in [0.4, 0.5) is 18.9 Å². The number of piperazine rings is 1. The zero-order valence-corrected chi connectivity index (χ0v) is 16.5. The van der Waals surface area contributed by atoms with Crippen LogP contribution in [0, 0.1) is 34.5 Å². The van der Waals surface area contributed by atoms with Gasteiger partial charge in [-0.3, -0.25) is 14.9 Å². The van der Waals surface area contributed by atoms with Crippen LogP contribution in [0.3, 0.4) is 0 Å². The molecule has 0 unspecified atom stereocenters. The van der Waals surface area contributed by atoms with Crippen molar-refractivity contribution in [3.05, 3.63) is 69.0 Å². The van der Waals surface area contributed by atoms with E-state index in [2.05, 4.69) is 0 Å². The molecule has 0 aliphatic carbocycles. The molecule has 0 saturated carbocycles. The normalized spacial score (nSPS) is 15.3. The van der Waals surface area contributed by atoms with Gasteiger partial charge in [-0.05, 0) is 31.2 Å². The monoisotopic (exact) mass is 443 g/mol. The molecule has 1 heterocycles. The number of hydrogen-bond acceptors (Lipinski definition) is 5. The Morgan fingerprint density at radius 2 is 1.67 bits per heavy atom. The summed E-state index contributed by atoms with van der Waals surface area (Å²) in [6, 6.07) is 5.09. The van der Waals surface area contributed by atoms with Crippen LogP contribution in [-0.2, 0) is 10.0 Å². The molecule has 1 aliphatic heterocycles. The smallest absolute Gasteiger partial charge is 0.272 e. The van der Waals surface area contributed by atoms with Crippen LogP contribution >= 0.6 is 0 Å². The number of hydrogen-bond donors (Lipinski definition) is 0. The summed E-state index contributed by atoms with van der Waals surface area (Å²) in [6.07, 6.45) is 0. The van der Waals surface area contributed by atoms with Gasteiger partial charge < -0.3 is 4.90 Å². The van der Waals surface area contributed by atoms with Gasteiger partial charge in [-0.2, -0.15) is 4.31 Å². The average molecular weight is 443 g/mol. The highest BCUT2D eigenvalue weighted by Gasteiger charge is 2.33. The van der Waals surface area contributed by atoms with Gasteiger partial charge in [-0.15, -0.1) is 0 Å². The highest BCUT2D eigenvalue weighted by molar-refractivity contribution is 7.89. The molecule has 1 fully saturated rings. The predicted molar refractivity (Wildman–Crippen MR) is 98.8 cm³/mol. The topological polar surface area (TPSA) is 101 Å². The number of nitrogens with zero attached hydrogens (tertiary/aromatic N) is 3. The van der Waals surface area contributed by atoms with E-state index in [1.54, 1.807) is 0 Å². The lowest BCUT2D eigenvalue weighted by Gasteiger charge is -2.34. The molecule has 8 nitrogen and oxygen atoms in total. The third-order valence-electron chi connectivity index (χ3n) is 4.78. The molecule has 0 bridgehead atoms. The van der Waals surface area contributed by atoms with Crippen molar-refractivity contribution < 1.29 is 31.3 Å². The van der Waals surface area contributed by atoms with Crippen LogP contribution in [0.25, 0.3) is 0 Å². The van der Waals surface area contributed by atoms with Crippen LogP contribution in [0.5, 0.6) is 0 Å². The summed E-state index contributed by atoms with van der Waals surface area (Å²) in [5.41, 5.74) is 0.387. The van der Waals surface area contributed by atoms with Crippen molar-refractivity contribution in [2.75, 3.05) is 26.2 Å². The number of sulfonamides is 1. The van der Waals surface area contributed by atoms with Crippen molar-refractivity contribution in [3.63, 3.8) is 0 Å². The zero-order chi connectivity index (χ0) is 22.2.